The number of hydrogen-bond acceptors (Lipinski definition) is 5. The fourth-order valence-electron chi connectivity index (χ4n) is 2.87. The van der Waals surface area contributed by atoms with Crippen LogP contribution < -0.4 is 19.7 Å². The molecule has 30 heavy (non-hydrogen) atoms. The first-order chi connectivity index (χ1) is 14.3. The van der Waals surface area contributed by atoms with Gasteiger partial charge in [-0.2, -0.15) is 0 Å². The van der Waals surface area contributed by atoms with Crippen molar-refractivity contribution in [2.75, 3.05) is 18.1 Å². The molecule has 0 bridgehead atoms. The Labute approximate surface area is 198 Å². The molecule has 0 radical (unpaired) electrons. The predicted molar refractivity (Wildman–Crippen MR) is 129 cm³/mol. The zero-order valence-corrected chi connectivity index (χ0v) is 19.9. The second kappa shape index (κ2) is 9.76. The molecule has 0 aromatic heterocycles. The highest BCUT2D eigenvalue weighted by atomic mass is 127. The van der Waals surface area contributed by atoms with E-state index >= 15 is 0 Å². The third-order valence-corrected chi connectivity index (χ3v) is 5.46. The maximum Gasteiger partial charge on any atom is 0.270 e. The molecule has 0 aliphatic carbocycles. The first kappa shape index (κ1) is 22.5. The lowest BCUT2D eigenvalue weighted by Gasteiger charge is -2.29. The zero-order chi connectivity index (χ0) is 21.8. The molecular formula is C21H18ClIN2O4S. The highest BCUT2D eigenvalue weighted by Gasteiger charge is 2.34. The minimum absolute atomic E-state index is 0.0146. The van der Waals surface area contributed by atoms with Gasteiger partial charge in [0.05, 0.1) is 22.5 Å². The van der Waals surface area contributed by atoms with Crippen LogP contribution in [0.5, 0.6) is 11.5 Å². The van der Waals surface area contributed by atoms with E-state index in [4.69, 9.17) is 33.3 Å². The summed E-state index contributed by atoms with van der Waals surface area (Å²) < 4.78 is 12.2. The number of ether oxygens (including phenoxy) is 2. The van der Waals surface area contributed by atoms with E-state index in [1.54, 1.807) is 30.3 Å². The van der Waals surface area contributed by atoms with Crippen LogP contribution in [0.3, 0.4) is 0 Å². The normalized spacial score (nSPS) is 15.4. The molecule has 9 heteroatoms. The number of carbonyl (C=O) groups is 2. The van der Waals surface area contributed by atoms with Gasteiger partial charge in [-0.15, -0.1) is 0 Å². The van der Waals surface area contributed by atoms with Crippen molar-refractivity contribution >= 4 is 75.1 Å². The van der Waals surface area contributed by atoms with Crippen molar-refractivity contribution < 1.29 is 19.1 Å². The molecule has 1 aliphatic rings. The summed E-state index contributed by atoms with van der Waals surface area (Å²) in [5.74, 6) is 0.0994. The third kappa shape index (κ3) is 4.76. The van der Waals surface area contributed by atoms with E-state index in [1.165, 1.54) is 11.0 Å². The molecule has 0 spiro atoms. The van der Waals surface area contributed by atoms with Crippen molar-refractivity contribution in [3.05, 3.63) is 56.1 Å². The summed E-state index contributed by atoms with van der Waals surface area (Å²) in [6, 6.07) is 10.2. The Balaban J connectivity index is 2.03. The van der Waals surface area contributed by atoms with Gasteiger partial charge in [-0.25, -0.2) is 0 Å². The van der Waals surface area contributed by atoms with Gasteiger partial charge in [-0.3, -0.25) is 19.8 Å². The molecule has 2 aromatic rings. The third-order valence-electron chi connectivity index (χ3n) is 4.12. The van der Waals surface area contributed by atoms with Crippen LogP contribution >= 0.6 is 46.4 Å². The average molecular weight is 557 g/mol. The maximum absolute atomic E-state index is 13.1. The van der Waals surface area contributed by atoms with Crippen LogP contribution in [-0.2, 0) is 9.59 Å². The molecule has 2 aromatic carbocycles. The van der Waals surface area contributed by atoms with Gasteiger partial charge in [0.2, 0.25) is 0 Å². The number of benzene rings is 2. The molecular weight excluding hydrogens is 539 g/mol. The molecule has 156 valence electrons. The van der Waals surface area contributed by atoms with E-state index in [0.29, 0.717) is 41.0 Å². The monoisotopic (exact) mass is 556 g/mol. The molecule has 2 amide bonds. The van der Waals surface area contributed by atoms with Crippen LogP contribution in [0.4, 0.5) is 5.69 Å². The van der Waals surface area contributed by atoms with E-state index in [1.807, 2.05) is 19.9 Å². The van der Waals surface area contributed by atoms with Crippen LogP contribution in [0, 0.1) is 3.57 Å². The molecule has 1 saturated heterocycles. The minimum atomic E-state index is -0.558. The van der Waals surface area contributed by atoms with Gasteiger partial charge >= 0.3 is 0 Å². The fraction of sp³-hybridized carbons (Fsp3) is 0.190. The van der Waals surface area contributed by atoms with Gasteiger partial charge in [0.1, 0.15) is 5.57 Å². The molecule has 1 fully saturated rings. The summed E-state index contributed by atoms with van der Waals surface area (Å²) in [6.45, 7) is 4.71. The van der Waals surface area contributed by atoms with Crippen molar-refractivity contribution in [3.8, 4) is 11.5 Å². The van der Waals surface area contributed by atoms with Crippen LogP contribution in [0.1, 0.15) is 19.4 Å². The smallest absolute Gasteiger partial charge is 0.270 e. The van der Waals surface area contributed by atoms with E-state index < -0.39 is 11.8 Å². The van der Waals surface area contributed by atoms with Crippen LogP contribution in [0.25, 0.3) is 6.08 Å². The summed E-state index contributed by atoms with van der Waals surface area (Å²) in [7, 11) is 0. The zero-order valence-electron chi connectivity index (χ0n) is 16.2. The van der Waals surface area contributed by atoms with Gasteiger partial charge in [0.25, 0.3) is 11.8 Å². The van der Waals surface area contributed by atoms with Gasteiger partial charge in [0, 0.05) is 5.02 Å². The number of halogens is 2. The number of thiocarbonyl (C=S) groups is 1. The largest absolute Gasteiger partial charge is 0.490 e. The van der Waals surface area contributed by atoms with E-state index in [-0.39, 0.29) is 10.7 Å². The van der Waals surface area contributed by atoms with E-state index in [2.05, 4.69) is 27.9 Å². The molecule has 0 saturated carbocycles. The predicted octanol–water partition coefficient (Wildman–Crippen LogP) is 4.57. The number of carbonyl (C=O) groups excluding carboxylic acids is 2. The SMILES string of the molecule is CCOc1cc(/C=C2\C(=O)NC(=S)N(c3ccc(Cl)cc3)C2=O)cc(I)c1OCC. The Bertz CT molecular complexity index is 1040. The van der Waals surface area contributed by atoms with Gasteiger partial charge in [-0.05, 0) is 96.7 Å². The Morgan fingerprint density at radius 1 is 1.13 bits per heavy atom. The first-order valence-corrected chi connectivity index (χ1v) is 11.0. The molecule has 0 atom stereocenters. The number of nitrogens with one attached hydrogen (secondary N) is 1. The van der Waals surface area contributed by atoms with Crippen LogP contribution in [0.2, 0.25) is 5.02 Å². The summed E-state index contributed by atoms with van der Waals surface area (Å²) >= 11 is 13.3. The summed E-state index contributed by atoms with van der Waals surface area (Å²) in [4.78, 5) is 26.9. The lowest BCUT2D eigenvalue weighted by molar-refractivity contribution is -0.122. The number of nitrogens with zero attached hydrogens (tertiary/aromatic N) is 1. The van der Waals surface area contributed by atoms with Crippen molar-refractivity contribution in [2.24, 2.45) is 0 Å². The van der Waals surface area contributed by atoms with E-state index in [0.717, 1.165) is 3.57 Å². The highest BCUT2D eigenvalue weighted by Crippen LogP contribution is 2.35. The standard InChI is InChI=1S/C21H18ClIN2O4S/c1-3-28-17-11-12(10-16(23)18(17)29-4-2)9-15-19(26)24-21(30)25(20(15)27)14-7-5-13(22)6-8-14/h5-11H,3-4H2,1-2H3,(H,24,26,30)/b15-9+. The van der Waals surface area contributed by atoms with Crippen LogP contribution in [-0.4, -0.2) is 30.1 Å². The second-order valence-electron chi connectivity index (χ2n) is 6.13. The van der Waals surface area contributed by atoms with E-state index in [9.17, 15) is 9.59 Å². The first-order valence-electron chi connectivity index (χ1n) is 9.11. The average Bonchev–Trinajstić information content (AvgIpc) is 2.69. The molecule has 1 aliphatic heterocycles. The molecule has 3 rings (SSSR count). The number of rotatable bonds is 6. The quantitative estimate of drug-likeness (QED) is 0.244. The Kier molecular flexibility index (Phi) is 7.32. The molecule has 6 nitrogen and oxygen atoms in total. The van der Waals surface area contributed by atoms with Gasteiger partial charge < -0.3 is 9.47 Å². The van der Waals surface area contributed by atoms with Gasteiger partial charge in [-0.1, -0.05) is 11.6 Å². The number of anilines is 1. The van der Waals surface area contributed by atoms with Gasteiger partial charge in [0.15, 0.2) is 16.6 Å². The summed E-state index contributed by atoms with van der Waals surface area (Å²) in [5, 5.41) is 3.11. The topological polar surface area (TPSA) is 67.9 Å². The summed E-state index contributed by atoms with van der Waals surface area (Å²) in [5.41, 5.74) is 1.10. The second-order valence-corrected chi connectivity index (χ2v) is 8.12. The lowest BCUT2D eigenvalue weighted by Crippen LogP contribution is -2.54. The van der Waals surface area contributed by atoms with Crippen molar-refractivity contribution in [2.45, 2.75) is 13.8 Å². The fourth-order valence-corrected chi connectivity index (χ4v) is 4.06. The summed E-state index contributed by atoms with van der Waals surface area (Å²) in [6.07, 6.45) is 1.52. The molecule has 0 unspecified atom stereocenters. The number of amides is 2. The van der Waals surface area contributed by atoms with Crippen molar-refractivity contribution in [1.82, 2.24) is 5.32 Å². The Hall–Kier alpha value is -2.17. The lowest BCUT2D eigenvalue weighted by atomic mass is 10.1. The molecule has 1 heterocycles. The highest BCUT2D eigenvalue weighted by molar-refractivity contribution is 14.1. The number of hydrogen-bond donors (Lipinski definition) is 1. The van der Waals surface area contributed by atoms with Crippen molar-refractivity contribution in [3.63, 3.8) is 0 Å². The van der Waals surface area contributed by atoms with Crippen LogP contribution in [0.15, 0.2) is 42.0 Å². The Morgan fingerprint density at radius 2 is 1.80 bits per heavy atom. The maximum atomic E-state index is 13.1. The van der Waals surface area contributed by atoms with Crippen molar-refractivity contribution in [1.29, 1.82) is 0 Å². The molecule has 1 N–H and O–H groups in total. The minimum Gasteiger partial charge on any atom is -0.490 e. The Morgan fingerprint density at radius 3 is 2.43 bits per heavy atom.